The summed E-state index contributed by atoms with van der Waals surface area (Å²) in [4.78, 5) is 22.3. The third-order valence-corrected chi connectivity index (χ3v) is 2.85. The van der Waals surface area contributed by atoms with Gasteiger partial charge in [0.25, 0.3) is 5.91 Å². The molecule has 0 unspecified atom stereocenters. The van der Waals surface area contributed by atoms with Gasteiger partial charge in [-0.25, -0.2) is 0 Å². The largest absolute Gasteiger partial charge is 0.481 e. The molecule has 0 radical (unpaired) electrons. The van der Waals surface area contributed by atoms with Crippen LogP contribution in [0.4, 0.5) is 0 Å². The number of aryl methyl sites for hydroxylation is 1. The summed E-state index contributed by atoms with van der Waals surface area (Å²) < 4.78 is 3.05. The highest BCUT2D eigenvalue weighted by molar-refractivity contribution is 6.30. The van der Waals surface area contributed by atoms with E-state index in [-0.39, 0.29) is 24.6 Å². The fourth-order valence-electron chi connectivity index (χ4n) is 1.65. The maximum absolute atomic E-state index is 11.8. The number of rotatable bonds is 7. The van der Waals surface area contributed by atoms with Gasteiger partial charge in [0.15, 0.2) is 0 Å². The molecule has 9 heteroatoms. The Hall–Kier alpha value is -2.35. The summed E-state index contributed by atoms with van der Waals surface area (Å²) in [5.74, 6) is -1.23. The van der Waals surface area contributed by atoms with Crippen LogP contribution in [0.25, 0.3) is 0 Å². The number of aliphatic carboxylic acids is 1. The molecule has 2 aromatic rings. The lowest BCUT2D eigenvalue weighted by atomic mass is 10.4. The highest BCUT2D eigenvalue weighted by atomic mass is 35.5. The number of amides is 1. The van der Waals surface area contributed by atoms with Crippen LogP contribution in [0.5, 0.6) is 0 Å². The standard InChI is InChI=1S/C12H14ClN5O3/c13-9-7-15-18(8-9)6-3-14-12(21)10-1-4-17(16-10)5-2-11(19)20/h1,4,7-8H,2-3,5-6H2,(H,14,21)(H,19,20). The first-order chi connectivity index (χ1) is 10.0. The van der Waals surface area contributed by atoms with Gasteiger partial charge in [-0.2, -0.15) is 10.2 Å². The first-order valence-electron chi connectivity index (χ1n) is 6.26. The van der Waals surface area contributed by atoms with Crippen LogP contribution < -0.4 is 5.32 Å². The van der Waals surface area contributed by atoms with Gasteiger partial charge in [0.1, 0.15) is 5.69 Å². The molecule has 8 nitrogen and oxygen atoms in total. The molecule has 21 heavy (non-hydrogen) atoms. The van der Waals surface area contributed by atoms with Gasteiger partial charge in [-0.15, -0.1) is 0 Å². The number of carboxylic acids is 1. The first-order valence-corrected chi connectivity index (χ1v) is 6.64. The van der Waals surface area contributed by atoms with Crippen molar-refractivity contribution in [2.24, 2.45) is 0 Å². The molecule has 0 aliphatic carbocycles. The van der Waals surface area contributed by atoms with Crippen molar-refractivity contribution in [2.45, 2.75) is 19.5 Å². The zero-order valence-corrected chi connectivity index (χ0v) is 11.8. The van der Waals surface area contributed by atoms with Crippen LogP contribution in [0, 0.1) is 0 Å². The fourth-order valence-corrected chi connectivity index (χ4v) is 1.81. The molecule has 0 aliphatic rings. The molecule has 2 heterocycles. The summed E-state index contributed by atoms with van der Waals surface area (Å²) in [5, 5.41) is 19.8. The van der Waals surface area contributed by atoms with Gasteiger partial charge in [0.2, 0.25) is 0 Å². The van der Waals surface area contributed by atoms with Crippen molar-refractivity contribution in [1.82, 2.24) is 24.9 Å². The summed E-state index contributed by atoms with van der Waals surface area (Å²) in [6.45, 7) is 1.12. The molecule has 0 saturated carbocycles. The van der Waals surface area contributed by atoms with Crippen LogP contribution in [0.15, 0.2) is 24.7 Å². The molecule has 112 valence electrons. The predicted octanol–water partition coefficient (Wildman–Crippen LogP) is 0.638. The van der Waals surface area contributed by atoms with Gasteiger partial charge in [-0.1, -0.05) is 11.6 Å². The van der Waals surface area contributed by atoms with Crippen LogP contribution >= 0.6 is 11.6 Å². The molecule has 0 aromatic carbocycles. The SMILES string of the molecule is O=C(O)CCn1ccc(C(=O)NCCn2cc(Cl)cn2)n1. The highest BCUT2D eigenvalue weighted by Crippen LogP contribution is 2.04. The second-order valence-corrected chi connectivity index (χ2v) is 4.72. The maximum atomic E-state index is 11.8. The van der Waals surface area contributed by atoms with Crippen molar-refractivity contribution in [2.75, 3.05) is 6.54 Å². The van der Waals surface area contributed by atoms with Crippen LogP contribution in [-0.2, 0) is 17.9 Å². The van der Waals surface area contributed by atoms with Crippen molar-refractivity contribution in [3.8, 4) is 0 Å². The molecule has 2 N–H and O–H groups in total. The van der Waals surface area contributed by atoms with Gasteiger partial charge < -0.3 is 10.4 Å². The van der Waals surface area contributed by atoms with Crippen molar-refractivity contribution in [3.63, 3.8) is 0 Å². The predicted molar refractivity (Wildman–Crippen MR) is 74.1 cm³/mol. The number of halogens is 1. The van der Waals surface area contributed by atoms with Gasteiger partial charge in [-0.3, -0.25) is 19.0 Å². The van der Waals surface area contributed by atoms with E-state index in [4.69, 9.17) is 16.7 Å². The average Bonchev–Trinajstić information content (AvgIpc) is 3.05. The van der Waals surface area contributed by atoms with E-state index < -0.39 is 5.97 Å². The quantitative estimate of drug-likeness (QED) is 0.781. The Morgan fingerprint density at radius 2 is 2.14 bits per heavy atom. The van der Waals surface area contributed by atoms with Crippen LogP contribution in [0.3, 0.4) is 0 Å². The van der Waals surface area contributed by atoms with Gasteiger partial charge in [0, 0.05) is 18.9 Å². The first kappa shape index (κ1) is 15.0. The lowest BCUT2D eigenvalue weighted by molar-refractivity contribution is -0.137. The molecule has 2 aromatic heterocycles. The van der Waals surface area contributed by atoms with E-state index >= 15 is 0 Å². The molecular formula is C12H14ClN5O3. The maximum Gasteiger partial charge on any atom is 0.305 e. The Morgan fingerprint density at radius 1 is 1.33 bits per heavy atom. The normalized spacial score (nSPS) is 10.5. The van der Waals surface area contributed by atoms with E-state index in [1.807, 2.05) is 0 Å². The van der Waals surface area contributed by atoms with Crippen molar-refractivity contribution < 1.29 is 14.7 Å². The topological polar surface area (TPSA) is 102 Å². The monoisotopic (exact) mass is 311 g/mol. The number of carboxylic acid groups (broad SMARTS) is 1. The number of carbonyl (C=O) groups excluding carboxylic acids is 1. The molecule has 0 saturated heterocycles. The summed E-state index contributed by atoms with van der Waals surface area (Å²) >= 11 is 5.73. The van der Waals surface area contributed by atoms with E-state index in [9.17, 15) is 9.59 Å². The Morgan fingerprint density at radius 3 is 2.81 bits per heavy atom. The third kappa shape index (κ3) is 4.60. The highest BCUT2D eigenvalue weighted by Gasteiger charge is 2.09. The molecular weight excluding hydrogens is 298 g/mol. The van der Waals surface area contributed by atoms with E-state index in [0.29, 0.717) is 18.1 Å². The molecule has 0 aliphatic heterocycles. The number of nitrogens with one attached hydrogen (secondary N) is 1. The van der Waals surface area contributed by atoms with E-state index in [1.54, 1.807) is 23.1 Å². The lowest BCUT2D eigenvalue weighted by Crippen LogP contribution is -2.27. The van der Waals surface area contributed by atoms with E-state index in [1.165, 1.54) is 10.9 Å². The summed E-state index contributed by atoms with van der Waals surface area (Å²) in [7, 11) is 0. The number of carbonyl (C=O) groups is 2. The molecule has 1 amide bonds. The Labute approximate surface area is 125 Å². The lowest BCUT2D eigenvalue weighted by Gasteiger charge is -2.03. The van der Waals surface area contributed by atoms with Crippen LogP contribution in [0.1, 0.15) is 16.9 Å². The van der Waals surface area contributed by atoms with Crippen molar-refractivity contribution >= 4 is 23.5 Å². The molecule has 2 rings (SSSR count). The van der Waals surface area contributed by atoms with E-state index in [2.05, 4.69) is 15.5 Å². The Bertz CT molecular complexity index is 636. The Balaban J connectivity index is 1.79. The number of nitrogens with zero attached hydrogens (tertiary/aromatic N) is 4. The molecule has 0 atom stereocenters. The van der Waals surface area contributed by atoms with Crippen molar-refractivity contribution in [1.29, 1.82) is 0 Å². The zero-order valence-electron chi connectivity index (χ0n) is 11.1. The minimum Gasteiger partial charge on any atom is -0.481 e. The zero-order chi connectivity index (χ0) is 15.2. The summed E-state index contributed by atoms with van der Waals surface area (Å²) in [6.07, 6.45) is 4.72. The molecule has 0 fully saturated rings. The minimum atomic E-state index is -0.908. The fraction of sp³-hybridized carbons (Fsp3) is 0.333. The number of hydrogen-bond donors (Lipinski definition) is 2. The molecule has 0 bridgehead atoms. The molecule has 0 spiro atoms. The van der Waals surface area contributed by atoms with Crippen molar-refractivity contribution in [3.05, 3.63) is 35.4 Å². The van der Waals surface area contributed by atoms with Crippen LogP contribution in [-0.4, -0.2) is 43.1 Å². The summed E-state index contributed by atoms with van der Waals surface area (Å²) in [5.41, 5.74) is 0.249. The van der Waals surface area contributed by atoms with Gasteiger partial charge in [-0.05, 0) is 6.07 Å². The van der Waals surface area contributed by atoms with E-state index in [0.717, 1.165) is 0 Å². The third-order valence-electron chi connectivity index (χ3n) is 2.66. The van der Waals surface area contributed by atoms with Gasteiger partial charge in [0.05, 0.1) is 30.7 Å². The second-order valence-electron chi connectivity index (χ2n) is 4.29. The second kappa shape index (κ2) is 6.89. The van der Waals surface area contributed by atoms with Crippen LogP contribution in [0.2, 0.25) is 5.02 Å². The average molecular weight is 312 g/mol. The smallest absolute Gasteiger partial charge is 0.305 e. The summed E-state index contributed by atoms with van der Waals surface area (Å²) in [6, 6.07) is 1.54. The minimum absolute atomic E-state index is 0.0389. The van der Waals surface area contributed by atoms with Gasteiger partial charge >= 0.3 is 5.97 Å². The Kier molecular flexibility index (Phi) is 4.94. The number of hydrogen-bond acceptors (Lipinski definition) is 4. The number of aromatic nitrogens is 4.